The molecule has 3 aromatic carbocycles. The summed E-state index contributed by atoms with van der Waals surface area (Å²) in [6, 6.07) is 19.7. The fraction of sp³-hybridized carbons (Fsp3) is 0.333. The fourth-order valence-electron chi connectivity index (χ4n) is 4.56. The van der Waals surface area contributed by atoms with Crippen LogP contribution < -0.4 is 10.1 Å². The molecule has 5 nitrogen and oxygen atoms in total. The van der Waals surface area contributed by atoms with Gasteiger partial charge in [0.15, 0.2) is 6.61 Å². The number of nitrogens with one attached hydrogen (secondary N) is 1. The number of aryl methyl sites for hydroxylation is 1. The summed E-state index contributed by atoms with van der Waals surface area (Å²) in [5, 5.41) is 2.88. The Kier molecular flexibility index (Phi) is 7.43. The number of hydrogen-bond acceptors (Lipinski definition) is 3. The highest BCUT2D eigenvalue weighted by Gasteiger charge is 2.37. The lowest BCUT2D eigenvalue weighted by Crippen LogP contribution is -2.45. The number of carbonyl (C=O) groups is 2. The van der Waals surface area contributed by atoms with Gasteiger partial charge in [0.25, 0.3) is 5.91 Å². The number of carbonyl (C=O) groups excluding carboxylic acids is 2. The van der Waals surface area contributed by atoms with Crippen molar-refractivity contribution in [1.29, 1.82) is 0 Å². The van der Waals surface area contributed by atoms with Crippen LogP contribution in [0.15, 0.2) is 66.7 Å². The number of benzene rings is 3. The molecule has 0 aliphatic carbocycles. The van der Waals surface area contributed by atoms with Crippen molar-refractivity contribution >= 4 is 11.8 Å². The zero-order valence-electron chi connectivity index (χ0n) is 21.3. The maximum absolute atomic E-state index is 13.7. The Morgan fingerprint density at radius 2 is 1.81 bits per heavy atom. The maximum atomic E-state index is 13.7. The number of halogens is 1. The number of hydrogen-bond donors (Lipinski definition) is 1. The van der Waals surface area contributed by atoms with E-state index in [0.29, 0.717) is 25.3 Å². The van der Waals surface area contributed by atoms with Crippen LogP contribution in [-0.2, 0) is 22.6 Å². The molecule has 1 aliphatic rings. The number of fused-ring (bicyclic) bond motifs is 1. The van der Waals surface area contributed by atoms with Crippen molar-refractivity contribution in [1.82, 2.24) is 10.2 Å². The van der Waals surface area contributed by atoms with Crippen LogP contribution in [0.25, 0.3) is 0 Å². The minimum absolute atomic E-state index is 0.0318. The number of ether oxygens (including phenoxy) is 1. The van der Waals surface area contributed by atoms with E-state index in [9.17, 15) is 14.0 Å². The highest BCUT2D eigenvalue weighted by molar-refractivity contribution is 5.83. The van der Waals surface area contributed by atoms with Crippen molar-refractivity contribution in [3.8, 4) is 5.75 Å². The van der Waals surface area contributed by atoms with Crippen molar-refractivity contribution in [2.45, 2.75) is 46.7 Å². The molecule has 1 aliphatic heterocycles. The summed E-state index contributed by atoms with van der Waals surface area (Å²) in [5.74, 6) is 0.0482. The average Bonchev–Trinajstić information content (AvgIpc) is 2.85. The Balaban J connectivity index is 1.53. The summed E-state index contributed by atoms with van der Waals surface area (Å²) in [4.78, 5) is 27.6. The van der Waals surface area contributed by atoms with Gasteiger partial charge in [0.05, 0.1) is 6.04 Å². The molecule has 4 rings (SSSR count). The van der Waals surface area contributed by atoms with E-state index < -0.39 is 5.41 Å². The zero-order chi connectivity index (χ0) is 25.9. The molecular weight excluding hydrogens is 455 g/mol. The highest BCUT2D eigenvalue weighted by atomic mass is 19.1. The summed E-state index contributed by atoms with van der Waals surface area (Å²) >= 11 is 0. The SMILES string of the molecule is Cc1cccc(CNC(=O)COc2ccc3c(c2)C(c2ccc(F)cc2)N(C(=O)C(C)(C)C)CC3)c1. The first-order chi connectivity index (χ1) is 17.1. The van der Waals surface area contributed by atoms with Gasteiger partial charge in [-0.1, -0.05) is 68.8 Å². The van der Waals surface area contributed by atoms with E-state index in [4.69, 9.17) is 4.74 Å². The zero-order valence-corrected chi connectivity index (χ0v) is 21.3. The minimum Gasteiger partial charge on any atom is -0.484 e. The van der Waals surface area contributed by atoms with Crippen LogP contribution in [0, 0.1) is 18.2 Å². The van der Waals surface area contributed by atoms with Crippen LogP contribution in [0.2, 0.25) is 0 Å². The minimum atomic E-state index is -0.556. The van der Waals surface area contributed by atoms with E-state index in [-0.39, 0.29) is 30.3 Å². The van der Waals surface area contributed by atoms with Gasteiger partial charge in [-0.2, -0.15) is 0 Å². The van der Waals surface area contributed by atoms with Gasteiger partial charge < -0.3 is 15.0 Å². The van der Waals surface area contributed by atoms with Crippen LogP contribution in [0.3, 0.4) is 0 Å². The maximum Gasteiger partial charge on any atom is 0.258 e. The third-order valence-corrected chi connectivity index (χ3v) is 6.38. The van der Waals surface area contributed by atoms with Gasteiger partial charge in [0.1, 0.15) is 11.6 Å². The predicted octanol–water partition coefficient (Wildman–Crippen LogP) is 5.35. The van der Waals surface area contributed by atoms with E-state index >= 15 is 0 Å². The molecule has 0 radical (unpaired) electrons. The molecule has 0 aromatic heterocycles. The van der Waals surface area contributed by atoms with E-state index in [2.05, 4.69) is 5.32 Å². The van der Waals surface area contributed by atoms with Crippen molar-refractivity contribution in [2.24, 2.45) is 5.41 Å². The molecule has 36 heavy (non-hydrogen) atoms. The summed E-state index contributed by atoms with van der Waals surface area (Å²) in [6.07, 6.45) is 0.714. The molecule has 0 saturated heterocycles. The second kappa shape index (κ2) is 10.5. The van der Waals surface area contributed by atoms with Crippen molar-refractivity contribution in [3.63, 3.8) is 0 Å². The summed E-state index contributed by atoms with van der Waals surface area (Å²) < 4.78 is 19.5. The van der Waals surface area contributed by atoms with Crippen molar-refractivity contribution in [3.05, 3.63) is 100 Å². The first kappa shape index (κ1) is 25.4. The second-order valence-corrected chi connectivity index (χ2v) is 10.4. The molecule has 1 heterocycles. The molecule has 188 valence electrons. The lowest BCUT2D eigenvalue weighted by Gasteiger charge is -2.41. The highest BCUT2D eigenvalue weighted by Crippen LogP contribution is 2.39. The molecular formula is C30H33FN2O3. The third kappa shape index (κ3) is 5.93. The largest absolute Gasteiger partial charge is 0.484 e. The Bertz CT molecular complexity index is 1250. The Morgan fingerprint density at radius 1 is 1.06 bits per heavy atom. The van der Waals surface area contributed by atoms with Crippen LogP contribution >= 0.6 is 0 Å². The monoisotopic (exact) mass is 488 g/mol. The Labute approximate surface area is 212 Å². The fourth-order valence-corrected chi connectivity index (χ4v) is 4.56. The van der Waals surface area contributed by atoms with Crippen LogP contribution in [0.5, 0.6) is 5.75 Å². The smallest absolute Gasteiger partial charge is 0.258 e. The number of nitrogens with zero attached hydrogens (tertiary/aromatic N) is 1. The number of amides is 2. The number of rotatable bonds is 6. The standard InChI is InChI=1S/C30H33FN2O3/c1-20-6-5-7-21(16-20)18-32-27(34)19-36-25-13-10-22-14-15-33(29(35)30(2,3)4)28(26(22)17-25)23-8-11-24(31)12-9-23/h5-13,16-17,28H,14-15,18-19H2,1-4H3,(H,32,34). The van der Waals surface area contributed by atoms with Gasteiger partial charge in [-0.15, -0.1) is 0 Å². The van der Waals surface area contributed by atoms with Crippen LogP contribution in [0.1, 0.15) is 54.6 Å². The Hall–Kier alpha value is -3.67. The van der Waals surface area contributed by atoms with Gasteiger partial charge in [-0.25, -0.2) is 4.39 Å². The van der Waals surface area contributed by atoms with Gasteiger partial charge in [-0.05, 0) is 59.9 Å². The van der Waals surface area contributed by atoms with Gasteiger partial charge in [-0.3, -0.25) is 9.59 Å². The first-order valence-corrected chi connectivity index (χ1v) is 12.3. The molecule has 6 heteroatoms. The van der Waals surface area contributed by atoms with Gasteiger partial charge in [0.2, 0.25) is 5.91 Å². The summed E-state index contributed by atoms with van der Waals surface area (Å²) in [6.45, 7) is 8.62. The topological polar surface area (TPSA) is 58.6 Å². The molecule has 3 aromatic rings. The molecule has 1 unspecified atom stereocenters. The molecule has 1 N–H and O–H groups in total. The molecule has 0 bridgehead atoms. The molecule has 0 spiro atoms. The first-order valence-electron chi connectivity index (χ1n) is 12.3. The molecule has 2 amide bonds. The van der Waals surface area contributed by atoms with Gasteiger partial charge >= 0.3 is 0 Å². The Morgan fingerprint density at radius 3 is 2.50 bits per heavy atom. The van der Waals surface area contributed by atoms with Crippen LogP contribution in [-0.4, -0.2) is 29.9 Å². The lowest BCUT2D eigenvalue weighted by molar-refractivity contribution is -0.141. The summed E-state index contributed by atoms with van der Waals surface area (Å²) in [7, 11) is 0. The third-order valence-electron chi connectivity index (χ3n) is 6.38. The molecule has 0 saturated carbocycles. The van der Waals surface area contributed by atoms with E-state index in [0.717, 1.165) is 27.8 Å². The van der Waals surface area contributed by atoms with Crippen LogP contribution in [0.4, 0.5) is 4.39 Å². The molecule has 0 fully saturated rings. The predicted molar refractivity (Wildman–Crippen MR) is 138 cm³/mol. The van der Waals surface area contributed by atoms with E-state index in [1.165, 1.54) is 12.1 Å². The van der Waals surface area contributed by atoms with E-state index in [1.54, 1.807) is 12.1 Å². The quantitative estimate of drug-likeness (QED) is 0.509. The second-order valence-electron chi connectivity index (χ2n) is 10.4. The van der Waals surface area contributed by atoms with Crippen molar-refractivity contribution in [2.75, 3.05) is 13.2 Å². The van der Waals surface area contributed by atoms with Gasteiger partial charge in [0, 0.05) is 18.5 Å². The van der Waals surface area contributed by atoms with Crippen molar-refractivity contribution < 1.29 is 18.7 Å². The van der Waals surface area contributed by atoms with E-state index in [1.807, 2.05) is 75.1 Å². The lowest BCUT2D eigenvalue weighted by atomic mass is 9.85. The molecule has 1 atom stereocenters. The normalized spacial score (nSPS) is 15.2. The average molecular weight is 489 g/mol. The summed E-state index contributed by atoms with van der Waals surface area (Å²) in [5.41, 5.74) is 4.49.